The Bertz CT molecular complexity index is 344. The summed E-state index contributed by atoms with van der Waals surface area (Å²) < 4.78 is 10.5. The van der Waals surface area contributed by atoms with E-state index in [1.807, 2.05) is 0 Å². The molecule has 2 unspecified atom stereocenters. The number of aliphatic hydroxyl groups excluding tert-OH is 1. The molecule has 1 rings (SSSR count). The Morgan fingerprint density at radius 2 is 1.55 bits per heavy atom. The molecule has 0 spiro atoms. The molecule has 1 heterocycles. The summed E-state index contributed by atoms with van der Waals surface area (Å²) in [7, 11) is 0. The maximum Gasteiger partial charge on any atom is 0.411 e. The van der Waals surface area contributed by atoms with Gasteiger partial charge in [0, 0.05) is 6.42 Å². The first-order valence-corrected chi connectivity index (χ1v) is 6.79. The minimum absolute atomic E-state index is 0.0822. The number of amides is 1. The van der Waals surface area contributed by atoms with Crippen molar-refractivity contribution in [1.82, 2.24) is 4.90 Å². The number of carbonyl (C=O) groups is 2. The van der Waals surface area contributed by atoms with Crippen molar-refractivity contribution >= 4 is 12.1 Å². The predicted octanol–water partition coefficient (Wildman–Crippen LogP) is 1.70. The monoisotopic (exact) mass is 287 g/mol. The van der Waals surface area contributed by atoms with E-state index in [-0.39, 0.29) is 13.0 Å². The van der Waals surface area contributed by atoms with Crippen LogP contribution in [0.1, 0.15) is 48.0 Å². The molecule has 0 saturated carbocycles. The van der Waals surface area contributed by atoms with E-state index >= 15 is 0 Å². The second kappa shape index (κ2) is 5.60. The molecule has 1 N–H and O–H groups in total. The number of nitrogens with zero attached hydrogens (tertiary/aromatic N) is 1. The molecular formula is C14H25NO5. The second-order valence-electron chi connectivity index (χ2n) is 7.07. The highest BCUT2D eigenvalue weighted by Gasteiger charge is 2.42. The van der Waals surface area contributed by atoms with Gasteiger partial charge in [0.1, 0.15) is 17.2 Å². The molecule has 20 heavy (non-hydrogen) atoms. The van der Waals surface area contributed by atoms with Crippen LogP contribution in [-0.4, -0.2) is 52.0 Å². The van der Waals surface area contributed by atoms with Crippen molar-refractivity contribution in [3.8, 4) is 0 Å². The van der Waals surface area contributed by atoms with Gasteiger partial charge in [-0.05, 0) is 41.5 Å². The van der Waals surface area contributed by atoms with E-state index in [9.17, 15) is 14.7 Å². The average Bonchev–Trinajstić information content (AvgIpc) is 2.55. The van der Waals surface area contributed by atoms with Crippen LogP contribution in [0.3, 0.4) is 0 Å². The molecular weight excluding hydrogens is 262 g/mol. The fraction of sp³-hybridized carbons (Fsp3) is 0.857. The number of ether oxygens (including phenoxy) is 2. The first kappa shape index (κ1) is 16.8. The van der Waals surface area contributed by atoms with Crippen molar-refractivity contribution in [2.45, 2.75) is 71.3 Å². The van der Waals surface area contributed by atoms with Gasteiger partial charge < -0.3 is 14.6 Å². The molecule has 116 valence electrons. The minimum atomic E-state index is -0.793. The van der Waals surface area contributed by atoms with Crippen LogP contribution in [0.15, 0.2) is 0 Å². The zero-order chi connectivity index (χ0) is 15.7. The first-order valence-electron chi connectivity index (χ1n) is 6.79. The number of hydrogen-bond donors (Lipinski definition) is 1. The summed E-state index contributed by atoms with van der Waals surface area (Å²) in [4.78, 5) is 25.4. The molecule has 0 aromatic rings. The zero-order valence-electron chi connectivity index (χ0n) is 13.1. The summed E-state index contributed by atoms with van der Waals surface area (Å²) in [5.41, 5.74) is -1.28. The lowest BCUT2D eigenvalue weighted by Gasteiger charge is -2.29. The molecule has 0 bridgehead atoms. The van der Waals surface area contributed by atoms with Gasteiger partial charge in [0.2, 0.25) is 0 Å². The zero-order valence-corrected chi connectivity index (χ0v) is 13.1. The number of rotatable bonds is 1. The molecule has 1 fully saturated rings. The standard InChI is InChI=1S/C14H25NO5/c1-13(2,3)19-11(17)10-7-9(16)8-15(10)12(18)20-14(4,5)6/h9-10,16H,7-8H2,1-6H3. The minimum Gasteiger partial charge on any atom is -0.458 e. The summed E-state index contributed by atoms with van der Waals surface area (Å²) in [6.45, 7) is 10.6. The molecule has 6 nitrogen and oxygen atoms in total. The number of likely N-dealkylation sites (tertiary alicyclic amines) is 1. The number of esters is 1. The third kappa shape index (κ3) is 5.00. The van der Waals surface area contributed by atoms with Crippen LogP contribution >= 0.6 is 0 Å². The summed E-state index contributed by atoms with van der Waals surface area (Å²) in [5.74, 6) is -0.514. The molecule has 0 aliphatic carbocycles. The van der Waals surface area contributed by atoms with Crippen molar-refractivity contribution in [2.75, 3.05) is 6.54 Å². The molecule has 1 aliphatic rings. The Kier molecular flexibility index (Phi) is 4.69. The Balaban J connectivity index is 2.78. The number of β-amino-alcohol motifs (C(OH)–C–C–N with tert-alkyl or cyclic N) is 1. The van der Waals surface area contributed by atoms with Gasteiger partial charge in [-0.2, -0.15) is 0 Å². The molecule has 0 aromatic heterocycles. The lowest BCUT2D eigenvalue weighted by molar-refractivity contribution is -0.160. The molecule has 1 amide bonds. The normalized spacial score (nSPS) is 23.6. The summed E-state index contributed by atoms with van der Waals surface area (Å²) in [6.07, 6.45) is -1.17. The van der Waals surface area contributed by atoms with Gasteiger partial charge in [-0.3, -0.25) is 4.90 Å². The quantitative estimate of drug-likeness (QED) is 0.743. The largest absolute Gasteiger partial charge is 0.458 e. The molecule has 1 aliphatic heterocycles. The average molecular weight is 287 g/mol. The van der Waals surface area contributed by atoms with Crippen LogP contribution in [0.2, 0.25) is 0 Å². The van der Waals surface area contributed by atoms with Gasteiger partial charge in [-0.1, -0.05) is 0 Å². The highest BCUT2D eigenvalue weighted by molar-refractivity contribution is 5.82. The van der Waals surface area contributed by atoms with Crippen LogP contribution in [0.4, 0.5) is 4.79 Å². The van der Waals surface area contributed by atoms with E-state index in [4.69, 9.17) is 9.47 Å². The second-order valence-corrected chi connectivity index (χ2v) is 7.07. The molecule has 0 radical (unpaired) electrons. The lowest BCUT2D eigenvalue weighted by Crippen LogP contribution is -2.45. The Labute approximate surface area is 120 Å². The van der Waals surface area contributed by atoms with Gasteiger partial charge in [0.05, 0.1) is 12.6 Å². The van der Waals surface area contributed by atoms with Crippen molar-refractivity contribution in [3.05, 3.63) is 0 Å². The highest BCUT2D eigenvalue weighted by atomic mass is 16.6. The summed E-state index contributed by atoms with van der Waals surface area (Å²) in [5, 5.41) is 9.71. The van der Waals surface area contributed by atoms with Crippen LogP contribution in [0.25, 0.3) is 0 Å². The highest BCUT2D eigenvalue weighted by Crippen LogP contribution is 2.24. The summed E-state index contributed by atoms with van der Waals surface area (Å²) >= 11 is 0. The third-order valence-electron chi connectivity index (χ3n) is 2.59. The van der Waals surface area contributed by atoms with Crippen LogP contribution in [0, 0.1) is 0 Å². The Morgan fingerprint density at radius 3 is 2.00 bits per heavy atom. The molecule has 1 saturated heterocycles. The van der Waals surface area contributed by atoms with E-state index in [1.165, 1.54) is 4.90 Å². The van der Waals surface area contributed by atoms with Gasteiger partial charge in [0.15, 0.2) is 0 Å². The number of carbonyl (C=O) groups excluding carboxylic acids is 2. The van der Waals surface area contributed by atoms with Gasteiger partial charge in [-0.15, -0.1) is 0 Å². The number of aliphatic hydroxyl groups is 1. The van der Waals surface area contributed by atoms with Gasteiger partial charge in [-0.25, -0.2) is 9.59 Å². The van der Waals surface area contributed by atoms with Crippen molar-refractivity contribution < 1.29 is 24.2 Å². The van der Waals surface area contributed by atoms with E-state index < -0.39 is 35.4 Å². The Hall–Kier alpha value is -1.30. The maximum atomic E-state index is 12.1. The molecule has 0 aromatic carbocycles. The predicted molar refractivity (Wildman–Crippen MR) is 73.2 cm³/mol. The first-order chi connectivity index (χ1) is 8.89. The van der Waals surface area contributed by atoms with Crippen LogP contribution in [-0.2, 0) is 14.3 Å². The summed E-state index contributed by atoms with van der Waals surface area (Å²) in [6, 6.07) is -0.793. The topological polar surface area (TPSA) is 76.1 Å². The van der Waals surface area contributed by atoms with E-state index in [1.54, 1.807) is 41.5 Å². The third-order valence-corrected chi connectivity index (χ3v) is 2.59. The van der Waals surface area contributed by atoms with Crippen molar-refractivity contribution in [2.24, 2.45) is 0 Å². The van der Waals surface area contributed by atoms with Crippen LogP contribution in [0.5, 0.6) is 0 Å². The van der Waals surface area contributed by atoms with E-state index in [2.05, 4.69) is 0 Å². The van der Waals surface area contributed by atoms with Crippen molar-refractivity contribution in [1.29, 1.82) is 0 Å². The van der Waals surface area contributed by atoms with Gasteiger partial charge >= 0.3 is 12.1 Å². The van der Waals surface area contributed by atoms with Crippen LogP contribution < -0.4 is 0 Å². The fourth-order valence-electron chi connectivity index (χ4n) is 1.93. The van der Waals surface area contributed by atoms with Gasteiger partial charge in [0.25, 0.3) is 0 Å². The smallest absolute Gasteiger partial charge is 0.411 e. The Morgan fingerprint density at radius 1 is 1.05 bits per heavy atom. The van der Waals surface area contributed by atoms with E-state index in [0.717, 1.165) is 0 Å². The van der Waals surface area contributed by atoms with E-state index in [0.29, 0.717) is 0 Å². The molecule has 6 heteroatoms. The number of hydrogen-bond acceptors (Lipinski definition) is 5. The fourth-order valence-corrected chi connectivity index (χ4v) is 1.93. The SMILES string of the molecule is CC(C)(C)OC(=O)C1CC(O)CN1C(=O)OC(C)(C)C. The van der Waals surface area contributed by atoms with Crippen molar-refractivity contribution in [3.63, 3.8) is 0 Å². The molecule has 2 atom stereocenters. The maximum absolute atomic E-state index is 12.1. The lowest BCUT2D eigenvalue weighted by atomic mass is 10.1.